The lowest BCUT2D eigenvalue weighted by atomic mass is 9.98. The first-order valence-corrected chi connectivity index (χ1v) is 12.0. The number of hydrogen-bond acceptors (Lipinski definition) is 12. The summed E-state index contributed by atoms with van der Waals surface area (Å²) in [5, 5.41) is 0.723. The smallest absolute Gasteiger partial charge is 0.336 e. The van der Waals surface area contributed by atoms with Crippen molar-refractivity contribution in [2.45, 2.75) is 78.2 Å². The monoisotopic (exact) mass is 534 g/mol. The molecule has 1 fully saturated rings. The average molecular weight is 535 g/mol. The van der Waals surface area contributed by atoms with Crippen LogP contribution in [0.5, 0.6) is 5.75 Å². The molecule has 12 nitrogen and oxygen atoms in total. The van der Waals surface area contributed by atoms with Crippen LogP contribution in [0.15, 0.2) is 33.5 Å². The van der Waals surface area contributed by atoms with Crippen LogP contribution in [0.4, 0.5) is 0 Å². The highest BCUT2D eigenvalue weighted by molar-refractivity contribution is 5.81. The number of benzene rings is 1. The Morgan fingerprint density at radius 2 is 1.47 bits per heavy atom. The Balaban J connectivity index is 2.03. The van der Waals surface area contributed by atoms with Gasteiger partial charge in [0, 0.05) is 45.2 Å². The van der Waals surface area contributed by atoms with E-state index in [-0.39, 0.29) is 17.9 Å². The number of ether oxygens (including phenoxy) is 6. The maximum absolute atomic E-state index is 12.1. The summed E-state index contributed by atoms with van der Waals surface area (Å²) in [5.74, 6) is -2.71. The summed E-state index contributed by atoms with van der Waals surface area (Å²) in [7, 11) is 0. The molecule has 1 aliphatic heterocycles. The molecule has 1 saturated heterocycles. The third-order valence-electron chi connectivity index (χ3n) is 5.52. The minimum Gasteiger partial charge on any atom is -0.463 e. The van der Waals surface area contributed by atoms with Crippen LogP contribution in [-0.4, -0.2) is 61.2 Å². The van der Waals surface area contributed by atoms with E-state index in [2.05, 4.69) is 0 Å². The molecule has 0 saturated carbocycles. The lowest BCUT2D eigenvalue weighted by Gasteiger charge is -2.43. The highest BCUT2D eigenvalue weighted by Crippen LogP contribution is 2.32. The molecule has 0 bridgehead atoms. The van der Waals surface area contributed by atoms with Crippen LogP contribution in [0.1, 0.15) is 46.6 Å². The quantitative estimate of drug-likeness (QED) is 0.263. The first kappa shape index (κ1) is 28.6. The lowest BCUT2D eigenvalue weighted by Crippen LogP contribution is -2.63. The van der Waals surface area contributed by atoms with E-state index in [1.54, 1.807) is 12.1 Å². The molecule has 2 aromatic rings. The molecule has 12 heteroatoms. The van der Waals surface area contributed by atoms with Crippen molar-refractivity contribution in [1.82, 2.24) is 0 Å². The first-order chi connectivity index (χ1) is 18.0. The third-order valence-corrected chi connectivity index (χ3v) is 5.52. The molecule has 1 aromatic heterocycles. The van der Waals surface area contributed by atoms with Crippen molar-refractivity contribution >= 4 is 34.8 Å². The van der Waals surface area contributed by atoms with Crippen LogP contribution >= 0.6 is 0 Å². The first-order valence-electron chi connectivity index (χ1n) is 12.0. The molecule has 0 radical (unpaired) electrons. The van der Waals surface area contributed by atoms with Gasteiger partial charge in [0.05, 0.1) is 0 Å². The third kappa shape index (κ3) is 7.31. The second-order valence-corrected chi connectivity index (χ2v) is 8.68. The maximum Gasteiger partial charge on any atom is 0.336 e. The molecule has 2 heterocycles. The summed E-state index contributed by atoms with van der Waals surface area (Å²) in [5.41, 5.74) is 0.562. The molecule has 0 spiro atoms. The van der Waals surface area contributed by atoms with E-state index in [4.69, 9.17) is 32.8 Å². The van der Waals surface area contributed by atoms with E-state index < -0.39 is 60.2 Å². The van der Waals surface area contributed by atoms with Crippen LogP contribution in [-0.2, 0) is 49.3 Å². The molecule has 0 unspecified atom stereocenters. The summed E-state index contributed by atoms with van der Waals surface area (Å²) < 4.78 is 38.5. The Bertz CT molecular complexity index is 1250. The maximum atomic E-state index is 12.1. The zero-order valence-corrected chi connectivity index (χ0v) is 21.7. The van der Waals surface area contributed by atoms with Gasteiger partial charge in [-0.25, -0.2) is 4.79 Å². The molecule has 3 rings (SSSR count). The minimum atomic E-state index is -1.40. The molecule has 0 N–H and O–H groups in total. The lowest BCUT2D eigenvalue weighted by molar-refractivity contribution is -0.288. The van der Waals surface area contributed by atoms with Gasteiger partial charge in [0.15, 0.2) is 12.2 Å². The zero-order chi connectivity index (χ0) is 28.0. The fraction of sp³-hybridized carbons (Fsp3) is 0.500. The molecule has 1 aliphatic rings. The topological polar surface area (TPSA) is 154 Å². The van der Waals surface area contributed by atoms with Gasteiger partial charge < -0.3 is 32.8 Å². The van der Waals surface area contributed by atoms with E-state index in [0.29, 0.717) is 6.42 Å². The second kappa shape index (κ2) is 12.5. The van der Waals surface area contributed by atoms with Crippen molar-refractivity contribution < 1.29 is 52.0 Å². The van der Waals surface area contributed by atoms with Gasteiger partial charge in [0.2, 0.25) is 12.4 Å². The minimum absolute atomic E-state index is 0.176. The van der Waals surface area contributed by atoms with Gasteiger partial charge in [-0.3, -0.25) is 19.2 Å². The van der Waals surface area contributed by atoms with Gasteiger partial charge in [0.1, 0.15) is 24.0 Å². The van der Waals surface area contributed by atoms with Crippen molar-refractivity contribution in [1.29, 1.82) is 0 Å². The predicted octanol–water partition coefficient (Wildman–Crippen LogP) is 2.21. The van der Waals surface area contributed by atoms with Gasteiger partial charge in [-0.1, -0.05) is 13.3 Å². The largest absolute Gasteiger partial charge is 0.463 e. The molecule has 1 aromatic carbocycles. The van der Waals surface area contributed by atoms with Crippen molar-refractivity contribution in [2.75, 3.05) is 6.61 Å². The van der Waals surface area contributed by atoms with Crippen LogP contribution in [0.25, 0.3) is 11.0 Å². The molecule has 0 amide bonds. The van der Waals surface area contributed by atoms with E-state index >= 15 is 0 Å². The Hall–Kier alpha value is -3.93. The van der Waals surface area contributed by atoms with Crippen LogP contribution < -0.4 is 10.4 Å². The number of rotatable bonds is 9. The summed E-state index contributed by atoms with van der Waals surface area (Å²) in [6, 6.07) is 6.23. The Labute approximate surface area is 218 Å². The van der Waals surface area contributed by atoms with Crippen molar-refractivity contribution in [3.8, 4) is 5.75 Å². The summed E-state index contributed by atoms with van der Waals surface area (Å²) in [4.78, 5) is 59.3. The number of carbonyl (C=O) groups excluding carboxylic acids is 4. The molecule has 38 heavy (non-hydrogen) atoms. The van der Waals surface area contributed by atoms with Gasteiger partial charge >= 0.3 is 29.5 Å². The van der Waals surface area contributed by atoms with Crippen molar-refractivity contribution in [3.63, 3.8) is 0 Å². The Kier molecular flexibility index (Phi) is 9.45. The van der Waals surface area contributed by atoms with Crippen molar-refractivity contribution in [3.05, 3.63) is 40.2 Å². The fourth-order valence-electron chi connectivity index (χ4n) is 4.18. The number of fused-ring (bicyclic) bond motifs is 1. The van der Waals surface area contributed by atoms with Gasteiger partial charge in [-0.2, -0.15) is 0 Å². The summed E-state index contributed by atoms with van der Waals surface area (Å²) in [6.07, 6.45) is -5.12. The van der Waals surface area contributed by atoms with E-state index in [1.807, 2.05) is 6.92 Å². The highest BCUT2D eigenvalue weighted by Gasteiger charge is 2.53. The van der Waals surface area contributed by atoms with Crippen LogP contribution in [0.2, 0.25) is 0 Å². The second-order valence-electron chi connectivity index (χ2n) is 8.68. The molecular weight excluding hydrogens is 504 g/mol. The van der Waals surface area contributed by atoms with Crippen LogP contribution in [0.3, 0.4) is 0 Å². The summed E-state index contributed by atoms with van der Waals surface area (Å²) in [6.45, 7) is 6.17. The SMILES string of the molecule is CCCc1cc(=O)oc2cc(O[C@@H]3O[C@H](COC(C)=O)[C@@H](OC(C)=O)[C@H](OC(C)=O)[C@H]3OC(C)=O)ccc12. The fourth-order valence-corrected chi connectivity index (χ4v) is 4.18. The Morgan fingerprint density at radius 3 is 2.08 bits per heavy atom. The highest BCUT2D eigenvalue weighted by atomic mass is 16.7. The number of carbonyl (C=O) groups is 4. The van der Waals surface area contributed by atoms with Crippen LogP contribution in [0, 0.1) is 0 Å². The normalized spacial score (nSPS) is 22.8. The van der Waals surface area contributed by atoms with Gasteiger partial charge in [0.25, 0.3) is 0 Å². The van der Waals surface area contributed by atoms with E-state index in [1.165, 1.54) is 19.1 Å². The number of hydrogen-bond donors (Lipinski definition) is 0. The number of aryl methyl sites for hydroxylation is 1. The van der Waals surface area contributed by atoms with Crippen molar-refractivity contribution in [2.24, 2.45) is 0 Å². The molecule has 206 valence electrons. The van der Waals surface area contributed by atoms with Gasteiger partial charge in [-0.05, 0) is 24.1 Å². The molecular formula is C26H30O12. The van der Waals surface area contributed by atoms with Gasteiger partial charge in [-0.15, -0.1) is 0 Å². The number of esters is 4. The average Bonchev–Trinajstić information content (AvgIpc) is 2.80. The van der Waals surface area contributed by atoms with E-state index in [0.717, 1.165) is 38.1 Å². The zero-order valence-electron chi connectivity index (χ0n) is 21.7. The predicted molar refractivity (Wildman–Crippen MR) is 129 cm³/mol. The Morgan fingerprint density at radius 1 is 0.842 bits per heavy atom. The summed E-state index contributed by atoms with van der Waals surface area (Å²) >= 11 is 0. The molecule has 5 atom stereocenters. The molecule has 0 aliphatic carbocycles. The standard InChI is InChI=1S/C26H30O12/c1-6-7-17-10-22(31)37-20-11-18(8-9-19(17)20)36-26-25(35-16(5)30)24(34-15(4)29)23(33-14(3)28)21(38-26)12-32-13(2)27/h8-11,21,23-26H,6-7,12H2,1-5H3/t21-,23-,24+,25-,26-/m1/s1. The van der Waals surface area contributed by atoms with E-state index in [9.17, 15) is 24.0 Å².